The average Bonchev–Trinajstić information content (AvgIpc) is 3.34. The average molecular weight is 521 g/mol. The van der Waals surface area contributed by atoms with Crippen molar-refractivity contribution in [3.8, 4) is 17.0 Å². The van der Waals surface area contributed by atoms with Crippen molar-refractivity contribution in [2.75, 3.05) is 6.54 Å². The molecule has 2 heterocycles. The van der Waals surface area contributed by atoms with Gasteiger partial charge in [-0.15, -0.1) is 13.2 Å². The monoisotopic (exact) mass is 521 g/mol. The smallest absolute Gasteiger partial charge is 0.406 e. The van der Waals surface area contributed by atoms with Gasteiger partial charge in [-0.3, -0.25) is 9.78 Å². The molecule has 0 saturated heterocycles. The molecule has 1 N–H and O–H groups in total. The first-order valence-electron chi connectivity index (χ1n) is 10.6. The predicted octanol–water partition coefficient (Wildman–Crippen LogP) is 4.03. The van der Waals surface area contributed by atoms with E-state index in [4.69, 9.17) is 0 Å². The maximum Gasteiger partial charge on any atom is 0.573 e. The first-order chi connectivity index (χ1) is 17.0. The van der Waals surface area contributed by atoms with Crippen LogP contribution in [0.2, 0.25) is 0 Å². The Balaban J connectivity index is 1.42. The Kier molecular flexibility index (Phi) is 7.09. The third-order valence-electron chi connectivity index (χ3n) is 5.28. The van der Waals surface area contributed by atoms with Gasteiger partial charge >= 0.3 is 6.36 Å². The van der Waals surface area contributed by atoms with Crippen LogP contribution in [0.25, 0.3) is 11.3 Å². The van der Waals surface area contributed by atoms with Gasteiger partial charge < -0.3 is 10.1 Å². The number of nitrogens with one attached hydrogen (secondary N) is 1. The molecule has 1 aromatic heterocycles. The molecule has 0 aliphatic carbocycles. The fourth-order valence-electron chi connectivity index (χ4n) is 3.57. The Morgan fingerprint density at radius 2 is 1.78 bits per heavy atom. The lowest BCUT2D eigenvalue weighted by Crippen LogP contribution is -2.45. The lowest BCUT2D eigenvalue weighted by molar-refractivity contribution is -0.274. The molecule has 1 aliphatic heterocycles. The zero-order chi connectivity index (χ0) is 25.9. The summed E-state index contributed by atoms with van der Waals surface area (Å²) in [5, 5.41) is 2.69. The highest BCUT2D eigenvalue weighted by atomic mass is 32.2. The highest BCUT2D eigenvalue weighted by Crippen LogP contribution is 2.26. The molecule has 7 nitrogen and oxygen atoms in total. The molecule has 0 radical (unpaired) electrons. The zero-order valence-electron chi connectivity index (χ0n) is 18.4. The topological polar surface area (TPSA) is 88.6 Å². The number of hydrogen-bond donors (Lipinski definition) is 1. The van der Waals surface area contributed by atoms with Gasteiger partial charge in [0.15, 0.2) is 0 Å². The van der Waals surface area contributed by atoms with E-state index in [2.05, 4.69) is 15.0 Å². The number of carbonyl (C=O) groups is 1. The van der Waals surface area contributed by atoms with E-state index < -0.39 is 34.2 Å². The summed E-state index contributed by atoms with van der Waals surface area (Å²) in [7, 11) is -4.04. The van der Waals surface area contributed by atoms with Crippen molar-refractivity contribution in [3.63, 3.8) is 0 Å². The van der Waals surface area contributed by atoms with Gasteiger partial charge in [-0.1, -0.05) is 12.2 Å². The van der Waals surface area contributed by atoms with E-state index in [1.807, 2.05) is 0 Å². The quantitative estimate of drug-likeness (QED) is 0.375. The van der Waals surface area contributed by atoms with Crippen LogP contribution in [-0.2, 0) is 21.4 Å². The summed E-state index contributed by atoms with van der Waals surface area (Å²) in [6, 6.07) is 11.7. The molecule has 1 unspecified atom stereocenters. The fraction of sp³-hybridized carbons (Fsp3) is 0.167. The summed E-state index contributed by atoms with van der Waals surface area (Å²) < 4.78 is 81.0. The molecule has 1 atom stereocenters. The second-order valence-corrected chi connectivity index (χ2v) is 9.63. The normalized spacial score (nSPS) is 16.2. The molecule has 2 aromatic carbocycles. The van der Waals surface area contributed by atoms with Gasteiger partial charge in [-0.2, -0.15) is 4.31 Å². The van der Waals surface area contributed by atoms with Crippen LogP contribution in [0.3, 0.4) is 0 Å². The van der Waals surface area contributed by atoms with Gasteiger partial charge in [-0.05, 0) is 66.2 Å². The summed E-state index contributed by atoms with van der Waals surface area (Å²) in [6.07, 6.45) is -0.279. The van der Waals surface area contributed by atoms with Crippen molar-refractivity contribution < 1.29 is 35.5 Å². The molecule has 12 heteroatoms. The summed E-state index contributed by atoms with van der Waals surface area (Å²) >= 11 is 0. The standard InChI is InChI=1S/C24H19F4N3O4S/c25-18-5-9-20(10-6-18)36(33,34)31-13-1-2-22(31)23(32)30-15-16-11-12-29-21(14-16)17-3-7-19(8-4-17)35-24(26,27)28/h1-12,14,22H,13,15H2,(H,30,32). The summed E-state index contributed by atoms with van der Waals surface area (Å²) in [6.45, 7) is 0.0453. The van der Waals surface area contributed by atoms with Crippen LogP contribution in [-0.4, -0.2) is 42.6 Å². The van der Waals surface area contributed by atoms with E-state index >= 15 is 0 Å². The van der Waals surface area contributed by atoms with Crippen LogP contribution in [0.4, 0.5) is 17.6 Å². The van der Waals surface area contributed by atoms with E-state index in [0.29, 0.717) is 16.8 Å². The second-order valence-electron chi connectivity index (χ2n) is 7.74. The molecule has 1 amide bonds. The molecule has 3 aromatic rings. The predicted molar refractivity (Wildman–Crippen MR) is 121 cm³/mol. The number of amides is 1. The number of pyridine rings is 1. The van der Waals surface area contributed by atoms with E-state index in [1.165, 1.54) is 36.5 Å². The minimum Gasteiger partial charge on any atom is -0.406 e. The highest BCUT2D eigenvalue weighted by molar-refractivity contribution is 7.89. The van der Waals surface area contributed by atoms with Crippen LogP contribution in [0.5, 0.6) is 5.75 Å². The van der Waals surface area contributed by atoms with E-state index in [0.717, 1.165) is 28.6 Å². The Bertz CT molecular complexity index is 1380. The van der Waals surface area contributed by atoms with Gasteiger partial charge in [0.1, 0.15) is 17.6 Å². The molecule has 0 fully saturated rings. The van der Waals surface area contributed by atoms with Crippen LogP contribution < -0.4 is 10.1 Å². The molecule has 188 valence electrons. The summed E-state index contributed by atoms with van der Waals surface area (Å²) in [5.41, 5.74) is 1.63. The zero-order valence-corrected chi connectivity index (χ0v) is 19.3. The van der Waals surface area contributed by atoms with Crippen LogP contribution in [0.1, 0.15) is 5.56 Å². The van der Waals surface area contributed by atoms with Crippen molar-refractivity contribution in [3.05, 3.63) is 90.4 Å². The molecule has 0 spiro atoms. The Labute approximate surface area is 204 Å². The van der Waals surface area contributed by atoms with E-state index in [9.17, 15) is 30.8 Å². The number of alkyl halides is 3. The lowest BCUT2D eigenvalue weighted by Gasteiger charge is -2.23. The Hall–Kier alpha value is -3.77. The van der Waals surface area contributed by atoms with Gasteiger partial charge in [0.2, 0.25) is 15.9 Å². The van der Waals surface area contributed by atoms with Crippen molar-refractivity contribution >= 4 is 15.9 Å². The maximum absolute atomic E-state index is 13.2. The number of sulfonamides is 1. The van der Waals surface area contributed by atoms with Crippen LogP contribution in [0.15, 0.2) is 83.9 Å². The number of aromatic nitrogens is 1. The van der Waals surface area contributed by atoms with E-state index in [1.54, 1.807) is 18.2 Å². The first-order valence-corrected chi connectivity index (χ1v) is 12.0. The SMILES string of the molecule is O=C(NCc1ccnc(-c2ccc(OC(F)(F)F)cc2)c1)C1C=CCN1S(=O)(=O)c1ccc(F)cc1. The lowest BCUT2D eigenvalue weighted by atomic mass is 10.1. The van der Waals surface area contributed by atoms with Gasteiger partial charge in [0.25, 0.3) is 0 Å². The highest BCUT2D eigenvalue weighted by Gasteiger charge is 2.36. The van der Waals surface area contributed by atoms with Crippen LogP contribution >= 0.6 is 0 Å². The van der Waals surface area contributed by atoms with Crippen molar-refractivity contribution in [2.45, 2.75) is 23.8 Å². The fourth-order valence-corrected chi connectivity index (χ4v) is 5.07. The summed E-state index contributed by atoms with van der Waals surface area (Å²) in [4.78, 5) is 16.9. The third kappa shape index (κ3) is 5.89. The van der Waals surface area contributed by atoms with Gasteiger partial charge in [0, 0.05) is 24.8 Å². The Morgan fingerprint density at radius 1 is 1.08 bits per heavy atom. The van der Waals surface area contributed by atoms with Crippen LogP contribution in [0, 0.1) is 5.82 Å². The molecule has 0 saturated carbocycles. The van der Waals surface area contributed by atoms with E-state index in [-0.39, 0.29) is 23.7 Å². The number of halogens is 4. The number of carbonyl (C=O) groups excluding carboxylic acids is 1. The Morgan fingerprint density at radius 3 is 2.44 bits per heavy atom. The maximum atomic E-state index is 13.2. The molecule has 36 heavy (non-hydrogen) atoms. The number of nitrogens with zero attached hydrogens (tertiary/aromatic N) is 2. The number of hydrogen-bond acceptors (Lipinski definition) is 5. The molecule has 1 aliphatic rings. The molecule has 4 rings (SSSR count). The number of ether oxygens (including phenoxy) is 1. The molecular weight excluding hydrogens is 502 g/mol. The summed E-state index contributed by atoms with van der Waals surface area (Å²) in [5.74, 6) is -1.49. The minimum atomic E-state index is -4.79. The third-order valence-corrected chi connectivity index (χ3v) is 7.14. The number of rotatable bonds is 7. The van der Waals surface area contributed by atoms with Crippen molar-refractivity contribution in [1.29, 1.82) is 0 Å². The van der Waals surface area contributed by atoms with Crippen molar-refractivity contribution in [1.82, 2.24) is 14.6 Å². The molecule has 0 bridgehead atoms. The minimum absolute atomic E-state index is 0.00868. The molecular formula is C24H19F4N3O4S. The second kappa shape index (κ2) is 10.1. The number of benzene rings is 2. The van der Waals surface area contributed by atoms with Gasteiger partial charge in [0.05, 0.1) is 10.6 Å². The largest absolute Gasteiger partial charge is 0.573 e. The van der Waals surface area contributed by atoms with Crippen molar-refractivity contribution in [2.24, 2.45) is 0 Å². The first kappa shape index (κ1) is 25.3. The van der Waals surface area contributed by atoms with Gasteiger partial charge in [-0.25, -0.2) is 12.8 Å².